The van der Waals surface area contributed by atoms with Gasteiger partial charge in [-0.15, -0.1) is 5.10 Å². The molecule has 0 unspecified atom stereocenters. The van der Waals surface area contributed by atoms with Crippen molar-refractivity contribution in [2.24, 2.45) is 0 Å². The molecule has 10 heteroatoms. The molecule has 0 aliphatic rings. The average Bonchev–Trinajstić information content (AvgIpc) is 2.69. The molecule has 0 saturated heterocycles. The summed E-state index contributed by atoms with van der Waals surface area (Å²) in [6.07, 6.45) is 1.19. The molecule has 144 valence electrons. The lowest BCUT2D eigenvalue weighted by atomic mass is 10.2. The van der Waals surface area contributed by atoms with E-state index < -0.39 is 23.4 Å². The van der Waals surface area contributed by atoms with E-state index in [1.807, 2.05) is 0 Å². The molecule has 2 aromatic carbocycles. The van der Waals surface area contributed by atoms with Crippen molar-refractivity contribution in [2.75, 3.05) is 17.2 Å². The number of rotatable bonds is 6. The molecule has 0 spiro atoms. The standard InChI is InChI=1S/C18H14F3N5O2/c1-2-28-17(27)10-3-5-11(6-4-10)23-18-25-14(9-22-26-18)24-13-8-7-12(19)15(20)16(13)21/h3-9H,2H2,1H3,(H2,23,24,25,26). The van der Waals surface area contributed by atoms with E-state index >= 15 is 0 Å². The van der Waals surface area contributed by atoms with Crippen LogP contribution in [0.4, 0.5) is 36.3 Å². The Morgan fingerprint density at radius 1 is 1.04 bits per heavy atom. The van der Waals surface area contributed by atoms with Gasteiger partial charge < -0.3 is 15.4 Å². The maximum atomic E-state index is 13.8. The van der Waals surface area contributed by atoms with Crippen molar-refractivity contribution in [3.05, 3.63) is 65.6 Å². The van der Waals surface area contributed by atoms with E-state index in [9.17, 15) is 18.0 Å². The number of hydrogen-bond donors (Lipinski definition) is 2. The van der Waals surface area contributed by atoms with Crippen LogP contribution in [0.15, 0.2) is 42.6 Å². The Hall–Kier alpha value is -3.69. The number of benzene rings is 2. The van der Waals surface area contributed by atoms with Gasteiger partial charge in [0, 0.05) is 5.69 Å². The molecule has 0 saturated carbocycles. The van der Waals surface area contributed by atoms with Gasteiger partial charge in [-0.25, -0.2) is 18.0 Å². The Labute approximate surface area is 157 Å². The second kappa shape index (κ2) is 8.33. The number of anilines is 4. The lowest BCUT2D eigenvalue weighted by Gasteiger charge is -2.09. The lowest BCUT2D eigenvalue weighted by Crippen LogP contribution is -2.06. The number of aromatic nitrogens is 3. The van der Waals surface area contributed by atoms with Crippen LogP contribution in [-0.4, -0.2) is 27.8 Å². The van der Waals surface area contributed by atoms with E-state index in [0.29, 0.717) is 11.3 Å². The molecule has 0 bridgehead atoms. The monoisotopic (exact) mass is 389 g/mol. The summed E-state index contributed by atoms with van der Waals surface area (Å²) in [5.41, 5.74) is 0.644. The van der Waals surface area contributed by atoms with Gasteiger partial charge in [0.25, 0.3) is 0 Å². The Balaban J connectivity index is 1.73. The van der Waals surface area contributed by atoms with Crippen LogP contribution in [0.1, 0.15) is 17.3 Å². The number of carbonyl (C=O) groups excluding carboxylic acids is 1. The molecule has 0 fully saturated rings. The molecule has 0 amide bonds. The highest BCUT2D eigenvalue weighted by atomic mass is 19.2. The normalized spacial score (nSPS) is 10.4. The van der Waals surface area contributed by atoms with Gasteiger partial charge in [-0.3, -0.25) is 0 Å². The van der Waals surface area contributed by atoms with E-state index in [2.05, 4.69) is 25.8 Å². The molecular weight excluding hydrogens is 375 g/mol. The highest BCUT2D eigenvalue weighted by Gasteiger charge is 2.14. The summed E-state index contributed by atoms with van der Waals surface area (Å²) in [4.78, 5) is 15.7. The van der Waals surface area contributed by atoms with Crippen LogP contribution < -0.4 is 10.6 Å². The van der Waals surface area contributed by atoms with Crippen LogP contribution in [0.25, 0.3) is 0 Å². The number of nitrogens with one attached hydrogen (secondary N) is 2. The van der Waals surface area contributed by atoms with Crippen molar-refractivity contribution < 1.29 is 22.7 Å². The van der Waals surface area contributed by atoms with Crippen LogP contribution in [0.3, 0.4) is 0 Å². The fraction of sp³-hybridized carbons (Fsp3) is 0.111. The topological polar surface area (TPSA) is 89.0 Å². The van der Waals surface area contributed by atoms with Crippen LogP contribution in [0.5, 0.6) is 0 Å². The van der Waals surface area contributed by atoms with Crippen molar-refractivity contribution in [1.29, 1.82) is 0 Å². The molecule has 3 aromatic rings. The van der Waals surface area contributed by atoms with Gasteiger partial charge >= 0.3 is 5.97 Å². The SMILES string of the molecule is CCOC(=O)c1ccc(Nc2nncc(Nc3ccc(F)c(F)c3F)n2)cc1. The summed E-state index contributed by atoms with van der Waals surface area (Å²) in [6, 6.07) is 8.19. The fourth-order valence-corrected chi connectivity index (χ4v) is 2.21. The molecule has 1 aromatic heterocycles. The smallest absolute Gasteiger partial charge is 0.338 e. The zero-order chi connectivity index (χ0) is 20.1. The first-order valence-electron chi connectivity index (χ1n) is 8.12. The molecular formula is C18H14F3N5O2. The largest absolute Gasteiger partial charge is 0.462 e. The summed E-state index contributed by atoms with van der Waals surface area (Å²) >= 11 is 0. The third-order valence-corrected chi connectivity index (χ3v) is 3.51. The van der Waals surface area contributed by atoms with Gasteiger partial charge in [0.1, 0.15) is 0 Å². The zero-order valence-electron chi connectivity index (χ0n) is 14.5. The molecule has 0 radical (unpaired) electrons. The van der Waals surface area contributed by atoms with E-state index in [0.717, 1.165) is 12.1 Å². The maximum absolute atomic E-state index is 13.8. The maximum Gasteiger partial charge on any atom is 0.338 e. The molecule has 28 heavy (non-hydrogen) atoms. The number of carbonyl (C=O) groups is 1. The highest BCUT2D eigenvalue weighted by molar-refractivity contribution is 5.89. The number of ether oxygens (including phenoxy) is 1. The molecule has 7 nitrogen and oxygen atoms in total. The Kier molecular flexibility index (Phi) is 5.68. The average molecular weight is 389 g/mol. The van der Waals surface area contributed by atoms with Gasteiger partial charge in [-0.1, -0.05) is 0 Å². The van der Waals surface area contributed by atoms with Crippen LogP contribution >= 0.6 is 0 Å². The van der Waals surface area contributed by atoms with Gasteiger partial charge in [0.05, 0.1) is 24.1 Å². The highest BCUT2D eigenvalue weighted by Crippen LogP contribution is 2.23. The minimum atomic E-state index is -1.59. The zero-order valence-corrected chi connectivity index (χ0v) is 14.5. The first-order chi connectivity index (χ1) is 13.5. The van der Waals surface area contributed by atoms with Crippen molar-refractivity contribution in [2.45, 2.75) is 6.92 Å². The van der Waals surface area contributed by atoms with E-state index in [-0.39, 0.29) is 24.1 Å². The summed E-state index contributed by atoms with van der Waals surface area (Å²) in [5.74, 6) is -4.57. The molecule has 0 aliphatic heterocycles. The predicted octanol–water partition coefficient (Wildman–Crippen LogP) is 3.95. The third kappa shape index (κ3) is 4.34. The quantitative estimate of drug-likeness (QED) is 0.487. The first-order valence-corrected chi connectivity index (χ1v) is 8.12. The van der Waals surface area contributed by atoms with Crippen molar-refractivity contribution in [3.8, 4) is 0 Å². The fourth-order valence-electron chi connectivity index (χ4n) is 2.21. The summed E-state index contributed by atoms with van der Waals surface area (Å²) in [5, 5.41) is 12.9. The Morgan fingerprint density at radius 3 is 2.50 bits per heavy atom. The minimum Gasteiger partial charge on any atom is -0.462 e. The van der Waals surface area contributed by atoms with Crippen molar-refractivity contribution in [1.82, 2.24) is 15.2 Å². The molecule has 2 N–H and O–H groups in total. The number of nitrogens with zero attached hydrogens (tertiary/aromatic N) is 3. The number of hydrogen-bond acceptors (Lipinski definition) is 7. The van der Waals surface area contributed by atoms with Crippen LogP contribution in [0, 0.1) is 17.5 Å². The number of esters is 1. The second-order valence-electron chi connectivity index (χ2n) is 5.44. The van der Waals surface area contributed by atoms with E-state index in [4.69, 9.17) is 4.74 Å². The first kappa shape index (κ1) is 19.1. The summed E-state index contributed by atoms with van der Waals surface area (Å²) in [7, 11) is 0. The Morgan fingerprint density at radius 2 is 1.79 bits per heavy atom. The summed E-state index contributed by atoms with van der Waals surface area (Å²) < 4.78 is 45.0. The van der Waals surface area contributed by atoms with Gasteiger partial charge in [-0.2, -0.15) is 10.1 Å². The van der Waals surface area contributed by atoms with Crippen LogP contribution in [-0.2, 0) is 4.74 Å². The second-order valence-corrected chi connectivity index (χ2v) is 5.44. The van der Waals surface area contributed by atoms with Crippen molar-refractivity contribution >= 4 is 29.1 Å². The predicted molar refractivity (Wildman–Crippen MR) is 95.1 cm³/mol. The van der Waals surface area contributed by atoms with Gasteiger partial charge in [-0.05, 0) is 43.3 Å². The van der Waals surface area contributed by atoms with Crippen LogP contribution in [0.2, 0.25) is 0 Å². The number of halogens is 3. The third-order valence-electron chi connectivity index (χ3n) is 3.51. The van der Waals surface area contributed by atoms with Gasteiger partial charge in [0.2, 0.25) is 5.95 Å². The Bertz CT molecular complexity index is 999. The van der Waals surface area contributed by atoms with E-state index in [1.54, 1.807) is 31.2 Å². The molecule has 0 atom stereocenters. The lowest BCUT2D eigenvalue weighted by molar-refractivity contribution is 0.0526. The summed E-state index contributed by atoms with van der Waals surface area (Å²) in [6.45, 7) is 1.99. The molecule has 0 aliphatic carbocycles. The molecule has 1 heterocycles. The van der Waals surface area contributed by atoms with Crippen molar-refractivity contribution in [3.63, 3.8) is 0 Å². The minimum absolute atomic E-state index is 0.0607. The van der Waals surface area contributed by atoms with E-state index in [1.165, 1.54) is 6.20 Å². The van der Waals surface area contributed by atoms with Gasteiger partial charge in [0.15, 0.2) is 23.3 Å². The molecule has 3 rings (SSSR count).